The van der Waals surface area contributed by atoms with Crippen molar-refractivity contribution in [3.8, 4) is 11.3 Å². The summed E-state index contributed by atoms with van der Waals surface area (Å²) in [4.78, 5) is 21.8. The molecule has 12 heteroatoms. The molecule has 9 nitrogen and oxygen atoms in total. The van der Waals surface area contributed by atoms with Gasteiger partial charge >= 0.3 is 6.18 Å². The number of H-pyrrole nitrogens is 2. The molecule has 0 atom stereocenters. The Bertz CT molecular complexity index is 1610. The van der Waals surface area contributed by atoms with E-state index in [4.69, 9.17) is 4.42 Å². The van der Waals surface area contributed by atoms with E-state index in [0.29, 0.717) is 40.5 Å². The van der Waals surface area contributed by atoms with Crippen molar-refractivity contribution in [2.24, 2.45) is 0 Å². The summed E-state index contributed by atoms with van der Waals surface area (Å²) in [6.45, 7) is 1.66. The van der Waals surface area contributed by atoms with Gasteiger partial charge in [-0.2, -0.15) is 28.4 Å². The van der Waals surface area contributed by atoms with Crippen LogP contribution in [0.4, 0.5) is 19.0 Å². The van der Waals surface area contributed by atoms with E-state index in [0.717, 1.165) is 24.0 Å². The molecule has 4 aromatic heterocycles. The Morgan fingerprint density at radius 3 is 2.63 bits per heavy atom. The highest BCUT2D eigenvalue weighted by Gasteiger charge is 2.38. The van der Waals surface area contributed by atoms with Gasteiger partial charge in [0.25, 0.3) is 5.91 Å². The zero-order valence-corrected chi connectivity index (χ0v) is 18.4. The monoisotopic (exact) mass is 481 g/mol. The number of fused-ring (bicyclic) bond motifs is 5. The van der Waals surface area contributed by atoms with Gasteiger partial charge in [0.1, 0.15) is 6.26 Å². The molecule has 178 valence electrons. The largest absolute Gasteiger partial charge is 0.447 e. The van der Waals surface area contributed by atoms with Crippen LogP contribution in [0.1, 0.15) is 46.0 Å². The fourth-order valence-corrected chi connectivity index (χ4v) is 4.80. The fraction of sp³-hybridized carbons (Fsp3) is 0.261. The lowest BCUT2D eigenvalue weighted by Gasteiger charge is -2.22. The molecule has 1 aromatic carbocycles. The first-order chi connectivity index (χ1) is 16.8. The van der Waals surface area contributed by atoms with Crippen LogP contribution in [0.2, 0.25) is 0 Å². The van der Waals surface area contributed by atoms with E-state index >= 15 is 0 Å². The van der Waals surface area contributed by atoms with Gasteiger partial charge in [-0.1, -0.05) is 0 Å². The second-order valence-corrected chi connectivity index (χ2v) is 8.43. The van der Waals surface area contributed by atoms with Gasteiger partial charge in [-0.25, -0.2) is 4.98 Å². The van der Waals surface area contributed by atoms with Crippen LogP contribution in [0.5, 0.6) is 0 Å². The molecule has 0 saturated heterocycles. The van der Waals surface area contributed by atoms with Crippen LogP contribution >= 0.6 is 0 Å². The number of benzene rings is 1. The average Bonchev–Trinajstić information content (AvgIpc) is 3.57. The van der Waals surface area contributed by atoms with Crippen molar-refractivity contribution < 1.29 is 22.4 Å². The van der Waals surface area contributed by atoms with Gasteiger partial charge in [-0.3, -0.25) is 15.0 Å². The van der Waals surface area contributed by atoms with Crippen LogP contribution in [0.3, 0.4) is 0 Å². The molecule has 1 aliphatic rings. The van der Waals surface area contributed by atoms with E-state index in [1.54, 1.807) is 19.1 Å². The molecule has 3 N–H and O–H groups in total. The van der Waals surface area contributed by atoms with E-state index in [1.165, 1.54) is 12.5 Å². The summed E-state index contributed by atoms with van der Waals surface area (Å²) in [6.07, 6.45) is 0.870. The zero-order valence-electron chi connectivity index (χ0n) is 18.4. The molecule has 0 saturated carbocycles. The van der Waals surface area contributed by atoms with Crippen molar-refractivity contribution in [3.63, 3.8) is 0 Å². The Kier molecular flexibility index (Phi) is 4.66. The highest BCUT2D eigenvalue weighted by atomic mass is 19.4. The Balaban J connectivity index is 1.58. The minimum absolute atomic E-state index is 0.0794. The minimum atomic E-state index is -4.62. The standard InChI is InChI=1S/C23H18F3N7O2/c1-10-28-16(9-35-10)30-22(34)20-18-15(31-32-20)7-6-14-17(18)11-4-2-3-5-12(11)19(29-14)13-8-27-33-21(13)23(24,25)26/h6-9H,2-5H2,1H3,(H,27,33)(H,30,34)(H,31,32). The summed E-state index contributed by atoms with van der Waals surface area (Å²) in [5.41, 5.74) is 2.06. The van der Waals surface area contributed by atoms with Crippen molar-refractivity contribution in [2.45, 2.75) is 38.8 Å². The fourth-order valence-electron chi connectivity index (χ4n) is 4.80. The van der Waals surface area contributed by atoms with Crippen LogP contribution in [0, 0.1) is 6.92 Å². The third-order valence-electron chi connectivity index (χ3n) is 6.24. The van der Waals surface area contributed by atoms with Crippen LogP contribution in [0.25, 0.3) is 33.1 Å². The van der Waals surface area contributed by atoms with Crippen molar-refractivity contribution in [3.05, 3.63) is 53.0 Å². The number of nitrogens with zero attached hydrogens (tertiary/aromatic N) is 4. The first kappa shape index (κ1) is 21.3. The topological polar surface area (TPSA) is 125 Å². The quantitative estimate of drug-likeness (QED) is 0.335. The molecule has 5 aromatic rings. The normalized spacial score (nSPS) is 13.9. The number of oxazole rings is 1. The molecule has 0 radical (unpaired) electrons. The highest BCUT2D eigenvalue weighted by molar-refractivity contribution is 6.19. The van der Waals surface area contributed by atoms with Crippen LogP contribution in [0.15, 0.2) is 29.0 Å². The number of hydrogen-bond donors (Lipinski definition) is 3. The summed E-state index contributed by atoms with van der Waals surface area (Å²) < 4.78 is 46.0. The number of alkyl halides is 3. The van der Waals surface area contributed by atoms with Crippen molar-refractivity contribution in [1.29, 1.82) is 0 Å². The van der Waals surface area contributed by atoms with Crippen LogP contribution in [-0.2, 0) is 19.0 Å². The number of aryl methyl sites for hydroxylation is 2. The third kappa shape index (κ3) is 3.44. The third-order valence-corrected chi connectivity index (χ3v) is 6.24. The zero-order chi connectivity index (χ0) is 24.3. The Labute approximate surface area is 195 Å². The van der Waals surface area contributed by atoms with Gasteiger partial charge in [0.05, 0.1) is 22.3 Å². The molecule has 6 rings (SSSR count). The summed E-state index contributed by atoms with van der Waals surface area (Å²) in [6, 6.07) is 3.44. The van der Waals surface area contributed by atoms with Gasteiger partial charge in [0, 0.05) is 23.9 Å². The number of rotatable bonds is 3. The smallest absolute Gasteiger partial charge is 0.435 e. The van der Waals surface area contributed by atoms with Gasteiger partial charge < -0.3 is 9.73 Å². The number of carbonyl (C=O) groups is 1. The van der Waals surface area contributed by atoms with Crippen molar-refractivity contribution >= 4 is 33.5 Å². The lowest BCUT2D eigenvalue weighted by Crippen LogP contribution is -2.14. The van der Waals surface area contributed by atoms with E-state index in [9.17, 15) is 18.0 Å². The number of nitrogens with one attached hydrogen (secondary N) is 3. The predicted octanol–water partition coefficient (Wildman–Crippen LogP) is 4.95. The predicted molar refractivity (Wildman–Crippen MR) is 120 cm³/mol. The van der Waals surface area contributed by atoms with Crippen LogP contribution in [-0.4, -0.2) is 36.3 Å². The van der Waals surface area contributed by atoms with Gasteiger partial charge in [0.2, 0.25) is 0 Å². The maximum absolute atomic E-state index is 13.6. The van der Waals surface area contributed by atoms with E-state index < -0.39 is 17.8 Å². The van der Waals surface area contributed by atoms with Gasteiger partial charge in [-0.15, -0.1) is 0 Å². The molecule has 0 aliphatic heterocycles. The van der Waals surface area contributed by atoms with E-state index in [2.05, 4.69) is 35.7 Å². The maximum atomic E-state index is 13.6. The number of anilines is 1. The number of aromatic nitrogens is 6. The summed E-state index contributed by atoms with van der Waals surface area (Å²) in [5.74, 6) is 0.173. The number of amides is 1. The molecule has 0 spiro atoms. The van der Waals surface area contributed by atoms with Gasteiger partial charge in [0.15, 0.2) is 23.1 Å². The number of halogens is 3. The Hall–Kier alpha value is -4.22. The summed E-state index contributed by atoms with van der Waals surface area (Å²) >= 11 is 0. The first-order valence-electron chi connectivity index (χ1n) is 11.0. The van der Waals surface area contributed by atoms with Crippen molar-refractivity contribution in [1.82, 2.24) is 30.4 Å². The number of pyridine rings is 1. The molecule has 1 aliphatic carbocycles. The first-order valence-corrected chi connectivity index (χ1v) is 11.0. The molecular formula is C23H18F3N7O2. The average molecular weight is 481 g/mol. The second-order valence-electron chi connectivity index (χ2n) is 8.43. The number of hydrogen-bond acceptors (Lipinski definition) is 6. The number of carbonyl (C=O) groups excluding carboxylic acids is 1. The summed E-state index contributed by atoms with van der Waals surface area (Å²) in [5, 5.41) is 16.9. The molecule has 0 fully saturated rings. The molecule has 0 bridgehead atoms. The highest BCUT2D eigenvalue weighted by Crippen LogP contribution is 2.42. The number of aromatic amines is 2. The summed E-state index contributed by atoms with van der Waals surface area (Å²) in [7, 11) is 0. The molecule has 0 unspecified atom stereocenters. The van der Waals surface area contributed by atoms with Crippen molar-refractivity contribution in [2.75, 3.05) is 5.32 Å². The van der Waals surface area contributed by atoms with E-state index in [-0.39, 0.29) is 22.8 Å². The molecule has 1 amide bonds. The maximum Gasteiger partial charge on any atom is 0.435 e. The minimum Gasteiger partial charge on any atom is -0.447 e. The van der Waals surface area contributed by atoms with Gasteiger partial charge in [-0.05, 0) is 48.9 Å². The SMILES string of the molecule is Cc1nc(NC(=O)c2n[nH]c3ccc4nc(-c5c[nH]nc5C(F)(F)F)c5c(c4c23)CCCC5)co1. The lowest BCUT2D eigenvalue weighted by molar-refractivity contribution is -0.140. The molecule has 35 heavy (non-hydrogen) atoms. The Morgan fingerprint density at radius 1 is 1.09 bits per heavy atom. The second kappa shape index (κ2) is 7.65. The Morgan fingerprint density at radius 2 is 1.89 bits per heavy atom. The van der Waals surface area contributed by atoms with Crippen LogP contribution < -0.4 is 5.32 Å². The molecular weight excluding hydrogens is 463 g/mol. The lowest BCUT2D eigenvalue weighted by atomic mass is 9.85. The van der Waals surface area contributed by atoms with E-state index in [1.807, 2.05) is 0 Å². The molecule has 4 heterocycles.